The molecule has 0 aromatic heterocycles. The Morgan fingerprint density at radius 3 is 2.20 bits per heavy atom. The molecule has 110 valence electrons. The van der Waals surface area contributed by atoms with Gasteiger partial charge < -0.3 is 9.64 Å². The quantitative estimate of drug-likeness (QED) is 0.725. The van der Waals surface area contributed by atoms with E-state index < -0.39 is 0 Å². The van der Waals surface area contributed by atoms with Crippen molar-refractivity contribution in [3.05, 3.63) is 0 Å². The van der Waals surface area contributed by atoms with Crippen LogP contribution in [0.3, 0.4) is 0 Å². The first-order valence-corrected chi connectivity index (χ1v) is 7.98. The molecule has 1 atom stereocenters. The molecule has 4 bridgehead atoms. The minimum Gasteiger partial charge on any atom is -0.469 e. The topological polar surface area (TPSA) is 46.6 Å². The molecule has 1 aliphatic heterocycles. The molecule has 5 rings (SSSR count). The van der Waals surface area contributed by atoms with Crippen LogP contribution in [0.2, 0.25) is 0 Å². The maximum atomic E-state index is 12.4. The first-order valence-electron chi connectivity index (χ1n) is 7.98. The van der Waals surface area contributed by atoms with Crippen LogP contribution in [0.1, 0.15) is 44.9 Å². The molecule has 4 heteroatoms. The van der Waals surface area contributed by atoms with E-state index in [1.165, 1.54) is 45.6 Å². The third-order valence-corrected chi connectivity index (χ3v) is 6.24. The zero-order chi connectivity index (χ0) is 13.9. The highest BCUT2D eigenvalue weighted by Crippen LogP contribution is 2.58. The molecule has 0 spiro atoms. The van der Waals surface area contributed by atoms with Crippen molar-refractivity contribution in [2.45, 2.75) is 50.5 Å². The van der Waals surface area contributed by atoms with Gasteiger partial charge in [-0.05, 0) is 56.3 Å². The van der Waals surface area contributed by atoms with Gasteiger partial charge in [0.15, 0.2) is 0 Å². The average Bonchev–Trinajstić information content (AvgIpc) is 2.79. The number of nitrogens with zero attached hydrogens (tertiary/aromatic N) is 1. The molecule has 5 fully saturated rings. The van der Waals surface area contributed by atoms with E-state index in [0.29, 0.717) is 13.0 Å². The Hall–Kier alpha value is -1.06. The number of amides is 1. The van der Waals surface area contributed by atoms with Crippen LogP contribution < -0.4 is 0 Å². The highest BCUT2D eigenvalue weighted by atomic mass is 16.5. The number of hydrogen-bond donors (Lipinski definition) is 0. The molecule has 0 aromatic carbocycles. The molecule has 1 heterocycles. The summed E-state index contributed by atoms with van der Waals surface area (Å²) in [5.74, 6) is 2.21. The van der Waals surface area contributed by atoms with E-state index in [-0.39, 0.29) is 23.3 Å². The van der Waals surface area contributed by atoms with Crippen LogP contribution in [0.15, 0.2) is 0 Å². The zero-order valence-corrected chi connectivity index (χ0v) is 12.1. The molecule has 0 N–H and O–H groups in total. The Kier molecular flexibility index (Phi) is 2.67. The SMILES string of the molecule is COC(=O)[C@H]1CC(=O)N(C23CC4CC(CC(C4)C2)C3)C1. The second-order valence-corrected chi connectivity index (χ2v) is 7.57. The Balaban J connectivity index is 1.58. The molecular formula is C16H23NO3. The van der Waals surface area contributed by atoms with E-state index in [9.17, 15) is 9.59 Å². The van der Waals surface area contributed by atoms with Crippen LogP contribution in [-0.4, -0.2) is 36.0 Å². The van der Waals surface area contributed by atoms with Gasteiger partial charge in [0.25, 0.3) is 0 Å². The number of hydrogen-bond acceptors (Lipinski definition) is 3. The van der Waals surface area contributed by atoms with Crippen molar-refractivity contribution in [2.24, 2.45) is 23.7 Å². The van der Waals surface area contributed by atoms with Crippen LogP contribution in [0, 0.1) is 23.7 Å². The number of likely N-dealkylation sites (tertiary alicyclic amines) is 1. The van der Waals surface area contributed by atoms with E-state index in [0.717, 1.165) is 17.8 Å². The molecule has 5 aliphatic rings. The van der Waals surface area contributed by atoms with E-state index in [4.69, 9.17) is 4.74 Å². The number of carbonyl (C=O) groups excluding carboxylic acids is 2. The summed E-state index contributed by atoms with van der Waals surface area (Å²) >= 11 is 0. The first kappa shape index (κ1) is 12.7. The van der Waals surface area contributed by atoms with E-state index >= 15 is 0 Å². The van der Waals surface area contributed by atoms with Gasteiger partial charge in [0, 0.05) is 18.5 Å². The molecule has 4 aliphatic carbocycles. The molecule has 0 aromatic rings. The minimum atomic E-state index is -0.236. The van der Waals surface area contributed by atoms with Crippen molar-refractivity contribution in [3.8, 4) is 0 Å². The fraction of sp³-hybridized carbons (Fsp3) is 0.875. The predicted molar refractivity (Wildman–Crippen MR) is 72.7 cm³/mol. The average molecular weight is 277 g/mol. The van der Waals surface area contributed by atoms with Crippen LogP contribution in [0.25, 0.3) is 0 Å². The van der Waals surface area contributed by atoms with E-state index in [2.05, 4.69) is 4.90 Å². The van der Waals surface area contributed by atoms with E-state index in [1.54, 1.807) is 0 Å². The first-order chi connectivity index (χ1) is 9.59. The van der Waals surface area contributed by atoms with Crippen molar-refractivity contribution in [1.29, 1.82) is 0 Å². The summed E-state index contributed by atoms with van der Waals surface area (Å²) in [6.45, 7) is 0.595. The molecule has 20 heavy (non-hydrogen) atoms. The van der Waals surface area contributed by atoms with Gasteiger partial charge in [-0.2, -0.15) is 0 Å². The van der Waals surface area contributed by atoms with Gasteiger partial charge in [-0.3, -0.25) is 9.59 Å². The highest BCUT2D eigenvalue weighted by molar-refractivity contribution is 5.87. The third-order valence-electron chi connectivity index (χ3n) is 6.24. The van der Waals surface area contributed by atoms with Gasteiger partial charge >= 0.3 is 5.97 Å². The van der Waals surface area contributed by atoms with E-state index in [1.807, 2.05) is 0 Å². The summed E-state index contributed by atoms with van der Waals surface area (Å²) < 4.78 is 4.83. The molecule has 4 saturated carbocycles. The van der Waals surface area contributed by atoms with Crippen molar-refractivity contribution in [3.63, 3.8) is 0 Å². The third kappa shape index (κ3) is 1.73. The summed E-state index contributed by atoms with van der Waals surface area (Å²) in [6.07, 6.45) is 8.02. The van der Waals surface area contributed by atoms with Crippen LogP contribution in [0.5, 0.6) is 0 Å². The molecular weight excluding hydrogens is 254 g/mol. The molecule has 0 unspecified atom stereocenters. The van der Waals surface area contributed by atoms with Crippen LogP contribution in [0.4, 0.5) is 0 Å². The number of rotatable bonds is 2. The summed E-state index contributed by atoms with van der Waals surface area (Å²) in [5.41, 5.74) is 0.0919. The lowest BCUT2D eigenvalue weighted by Crippen LogP contribution is -2.60. The molecule has 4 nitrogen and oxygen atoms in total. The lowest BCUT2D eigenvalue weighted by atomic mass is 9.52. The largest absolute Gasteiger partial charge is 0.469 e. The number of methoxy groups -OCH3 is 1. The van der Waals surface area contributed by atoms with Gasteiger partial charge in [-0.15, -0.1) is 0 Å². The predicted octanol–water partition coefficient (Wildman–Crippen LogP) is 1.98. The van der Waals surface area contributed by atoms with Crippen LogP contribution >= 0.6 is 0 Å². The maximum absolute atomic E-state index is 12.4. The standard InChI is InChI=1S/C16H23NO3/c1-20-15(19)13-5-14(18)17(9-13)16-6-10-2-11(7-16)4-12(3-10)8-16/h10-13H,2-9H2,1H3/t10?,11?,12?,13-,16?/m0/s1. The van der Waals surface area contributed by atoms with Gasteiger partial charge in [-0.25, -0.2) is 0 Å². The summed E-state index contributed by atoms with van der Waals surface area (Å²) in [7, 11) is 1.42. The van der Waals surface area contributed by atoms with Crippen molar-refractivity contribution in [2.75, 3.05) is 13.7 Å². The second kappa shape index (κ2) is 4.22. The van der Waals surface area contributed by atoms with Gasteiger partial charge in [0.2, 0.25) is 5.91 Å². The zero-order valence-electron chi connectivity index (χ0n) is 12.1. The van der Waals surface area contributed by atoms with Gasteiger partial charge in [0.05, 0.1) is 13.0 Å². The van der Waals surface area contributed by atoms with Crippen molar-refractivity contribution < 1.29 is 14.3 Å². The molecule has 0 radical (unpaired) electrons. The number of carbonyl (C=O) groups is 2. The fourth-order valence-electron chi connectivity index (χ4n) is 5.89. The highest BCUT2D eigenvalue weighted by Gasteiger charge is 2.56. The number of esters is 1. The summed E-state index contributed by atoms with van der Waals surface area (Å²) in [5, 5.41) is 0. The van der Waals surface area contributed by atoms with Gasteiger partial charge in [-0.1, -0.05) is 0 Å². The Labute approximate surface area is 119 Å². The Morgan fingerprint density at radius 1 is 1.15 bits per heavy atom. The monoisotopic (exact) mass is 277 g/mol. The van der Waals surface area contributed by atoms with Gasteiger partial charge in [0.1, 0.15) is 0 Å². The Bertz CT molecular complexity index is 423. The molecule has 1 saturated heterocycles. The lowest BCUT2D eigenvalue weighted by molar-refractivity contribution is -0.146. The second-order valence-electron chi connectivity index (χ2n) is 7.57. The number of ether oxygens (including phenoxy) is 1. The lowest BCUT2D eigenvalue weighted by Gasteiger charge is -2.59. The molecule has 1 amide bonds. The van der Waals surface area contributed by atoms with Crippen LogP contribution in [-0.2, 0) is 14.3 Å². The normalized spacial score (nSPS) is 46.0. The minimum absolute atomic E-state index is 0.0919. The summed E-state index contributed by atoms with van der Waals surface area (Å²) in [4.78, 5) is 26.3. The Morgan fingerprint density at radius 2 is 1.70 bits per heavy atom. The van der Waals surface area contributed by atoms with Crippen molar-refractivity contribution >= 4 is 11.9 Å². The summed E-state index contributed by atoms with van der Waals surface area (Å²) in [6, 6.07) is 0. The fourth-order valence-corrected chi connectivity index (χ4v) is 5.89. The smallest absolute Gasteiger partial charge is 0.310 e. The maximum Gasteiger partial charge on any atom is 0.310 e. The van der Waals surface area contributed by atoms with Crippen molar-refractivity contribution in [1.82, 2.24) is 4.90 Å².